The minimum absolute atomic E-state index is 0.189. The highest BCUT2D eigenvalue weighted by Crippen LogP contribution is 2.24. The van der Waals surface area contributed by atoms with E-state index in [2.05, 4.69) is 10.00 Å². The number of aromatic nitrogens is 2. The topological polar surface area (TPSA) is 47.1 Å². The van der Waals surface area contributed by atoms with Crippen molar-refractivity contribution in [3.63, 3.8) is 0 Å². The van der Waals surface area contributed by atoms with E-state index < -0.39 is 0 Å². The number of hydrogen-bond donors (Lipinski definition) is 1. The zero-order valence-electron chi connectivity index (χ0n) is 11.7. The van der Waals surface area contributed by atoms with Gasteiger partial charge in [-0.1, -0.05) is 17.7 Å². The number of nitrogen functional groups attached to an aromatic ring is 1. The molecule has 3 rings (SSSR count). The van der Waals surface area contributed by atoms with Gasteiger partial charge in [-0.15, -0.1) is 0 Å². The van der Waals surface area contributed by atoms with Gasteiger partial charge in [0.15, 0.2) is 0 Å². The Kier molecular flexibility index (Phi) is 4.12. The zero-order chi connectivity index (χ0) is 14.8. The molecule has 1 fully saturated rings. The summed E-state index contributed by atoms with van der Waals surface area (Å²) in [5, 5.41) is 4.47. The average Bonchev–Trinajstić information content (AvgIpc) is 2.90. The van der Waals surface area contributed by atoms with Crippen molar-refractivity contribution in [1.82, 2.24) is 14.7 Å². The highest BCUT2D eigenvalue weighted by Gasteiger charge is 2.21. The number of hydrogen-bond acceptors (Lipinski definition) is 3. The first-order chi connectivity index (χ1) is 10.1. The number of nitrogens with zero attached hydrogens (tertiary/aromatic N) is 3. The van der Waals surface area contributed by atoms with Crippen LogP contribution in [0.2, 0.25) is 5.02 Å². The minimum Gasteiger partial charge on any atom is -0.382 e. The van der Waals surface area contributed by atoms with Crippen LogP contribution in [-0.4, -0.2) is 27.8 Å². The number of likely N-dealkylation sites (tertiary alicyclic amines) is 1. The molecule has 1 aliphatic rings. The Bertz CT molecular complexity index is 620. The second kappa shape index (κ2) is 6.03. The summed E-state index contributed by atoms with van der Waals surface area (Å²) in [6.45, 7) is 2.77. The Hall–Kier alpha value is -1.59. The third kappa shape index (κ3) is 3.36. The molecule has 1 aromatic heterocycles. The number of piperidine rings is 1. The molecule has 0 radical (unpaired) electrons. The largest absolute Gasteiger partial charge is 0.382 e. The summed E-state index contributed by atoms with van der Waals surface area (Å²) in [7, 11) is 0. The smallest absolute Gasteiger partial charge is 0.145 e. The Morgan fingerprint density at radius 2 is 2.05 bits per heavy atom. The fraction of sp³-hybridized carbons (Fsp3) is 0.400. The van der Waals surface area contributed by atoms with Crippen LogP contribution in [0.15, 0.2) is 30.5 Å². The summed E-state index contributed by atoms with van der Waals surface area (Å²) in [5.74, 6) is 0.203. The first-order valence-corrected chi connectivity index (χ1v) is 7.46. The molecule has 1 aromatic carbocycles. The van der Waals surface area contributed by atoms with Gasteiger partial charge in [-0.3, -0.25) is 9.58 Å². The fourth-order valence-corrected chi connectivity index (χ4v) is 3.00. The van der Waals surface area contributed by atoms with Gasteiger partial charge < -0.3 is 5.73 Å². The first kappa shape index (κ1) is 14.4. The normalized spacial score (nSPS) is 17.2. The van der Waals surface area contributed by atoms with Crippen molar-refractivity contribution in [2.45, 2.75) is 25.4 Å². The molecular weight excluding hydrogens is 291 g/mol. The third-order valence-electron chi connectivity index (χ3n) is 3.95. The second-order valence-electron chi connectivity index (χ2n) is 5.48. The molecule has 0 bridgehead atoms. The van der Waals surface area contributed by atoms with Crippen molar-refractivity contribution >= 4 is 17.4 Å². The molecule has 1 saturated heterocycles. The van der Waals surface area contributed by atoms with Gasteiger partial charge in [0.05, 0.1) is 11.1 Å². The van der Waals surface area contributed by atoms with Gasteiger partial charge >= 0.3 is 0 Å². The number of rotatable bonds is 3. The lowest BCUT2D eigenvalue weighted by molar-refractivity contribution is 0.173. The van der Waals surface area contributed by atoms with E-state index in [1.54, 1.807) is 12.1 Å². The van der Waals surface area contributed by atoms with E-state index in [1.165, 1.54) is 6.07 Å². The molecule has 21 heavy (non-hydrogen) atoms. The van der Waals surface area contributed by atoms with E-state index in [9.17, 15) is 4.39 Å². The van der Waals surface area contributed by atoms with E-state index in [4.69, 9.17) is 17.3 Å². The molecule has 0 spiro atoms. The van der Waals surface area contributed by atoms with Crippen molar-refractivity contribution < 1.29 is 4.39 Å². The van der Waals surface area contributed by atoms with Crippen molar-refractivity contribution in [2.24, 2.45) is 0 Å². The Morgan fingerprint density at radius 1 is 1.29 bits per heavy atom. The summed E-state index contributed by atoms with van der Waals surface area (Å²) in [5.41, 5.74) is 6.70. The van der Waals surface area contributed by atoms with Crippen molar-refractivity contribution in [2.75, 3.05) is 18.8 Å². The van der Waals surface area contributed by atoms with E-state index in [0.717, 1.165) is 38.0 Å². The molecule has 2 N–H and O–H groups in total. The van der Waals surface area contributed by atoms with Crippen LogP contribution in [0.3, 0.4) is 0 Å². The minimum atomic E-state index is -0.365. The summed E-state index contributed by atoms with van der Waals surface area (Å²) in [4.78, 5) is 2.35. The highest BCUT2D eigenvalue weighted by molar-refractivity contribution is 6.30. The van der Waals surface area contributed by atoms with Crippen molar-refractivity contribution in [1.29, 1.82) is 0 Å². The zero-order valence-corrected chi connectivity index (χ0v) is 12.4. The molecule has 2 heterocycles. The van der Waals surface area contributed by atoms with Gasteiger partial charge in [0.25, 0.3) is 0 Å². The maximum absolute atomic E-state index is 13.2. The summed E-state index contributed by atoms with van der Waals surface area (Å²) in [6.07, 6.45) is 4.02. The molecule has 0 amide bonds. The maximum atomic E-state index is 13.2. The molecular formula is C15H18ClFN4. The molecule has 0 saturated carbocycles. The standard InChI is InChI=1S/C15H18ClFN4/c16-13-9-11(1-2-14(13)17)10-20-6-3-12(4-7-20)21-8-5-15(18)19-21/h1-2,5,8-9,12H,3-4,6-7,10H2,(H2,18,19). The van der Waals surface area contributed by atoms with Crippen LogP contribution in [-0.2, 0) is 6.54 Å². The fourth-order valence-electron chi connectivity index (χ4n) is 2.79. The summed E-state index contributed by atoms with van der Waals surface area (Å²) in [6, 6.07) is 7.16. The number of nitrogens with two attached hydrogens (primary N) is 1. The molecule has 6 heteroatoms. The molecule has 0 unspecified atom stereocenters. The molecule has 1 aliphatic heterocycles. The number of halogens is 2. The van der Waals surface area contributed by atoms with Crippen LogP contribution in [0.5, 0.6) is 0 Å². The van der Waals surface area contributed by atoms with Crippen LogP contribution < -0.4 is 5.73 Å². The SMILES string of the molecule is Nc1ccn(C2CCN(Cc3ccc(F)c(Cl)c3)CC2)n1. The lowest BCUT2D eigenvalue weighted by atomic mass is 10.0. The summed E-state index contributed by atoms with van der Waals surface area (Å²) < 4.78 is 15.1. The highest BCUT2D eigenvalue weighted by atomic mass is 35.5. The van der Waals surface area contributed by atoms with Gasteiger partial charge in [-0.05, 0) is 36.6 Å². The number of anilines is 1. The lowest BCUT2D eigenvalue weighted by Crippen LogP contribution is -2.34. The van der Waals surface area contributed by atoms with E-state index in [-0.39, 0.29) is 10.8 Å². The predicted octanol–water partition coefficient (Wildman–Crippen LogP) is 3.09. The van der Waals surface area contributed by atoms with Crippen molar-refractivity contribution in [3.05, 3.63) is 46.9 Å². The molecule has 0 aliphatic carbocycles. The maximum Gasteiger partial charge on any atom is 0.145 e. The number of benzene rings is 1. The van der Waals surface area contributed by atoms with E-state index in [1.807, 2.05) is 16.9 Å². The van der Waals surface area contributed by atoms with Crippen molar-refractivity contribution in [3.8, 4) is 0 Å². The Labute approximate surface area is 128 Å². The van der Waals surface area contributed by atoms with Crippen LogP contribution in [0.1, 0.15) is 24.4 Å². The molecule has 2 aromatic rings. The van der Waals surface area contributed by atoms with Gasteiger partial charge in [-0.2, -0.15) is 5.10 Å². The van der Waals surface area contributed by atoms with Crippen LogP contribution in [0.25, 0.3) is 0 Å². The first-order valence-electron chi connectivity index (χ1n) is 7.09. The predicted molar refractivity (Wildman–Crippen MR) is 81.6 cm³/mol. The third-order valence-corrected chi connectivity index (χ3v) is 4.24. The van der Waals surface area contributed by atoms with Crippen LogP contribution >= 0.6 is 11.6 Å². The summed E-state index contributed by atoms with van der Waals surface area (Å²) >= 11 is 5.82. The Balaban J connectivity index is 1.57. The average molecular weight is 309 g/mol. The van der Waals surface area contributed by atoms with Gasteiger partial charge in [0.1, 0.15) is 11.6 Å². The van der Waals surface area contributed by atoms with Crippen LogP contribution in [0.4, 0.5) is 10.2 Å². The van der Waals surface area contributed by atoms with Gasteiger partial charge in [0, 0.05) is 25.8 Å². The lowest BCUT2D eigenvalue weighted by Gasteiger charge is -2.32. The van der Waals surface area contributed by atoms with E-state index >= 15 is 0 Å². The monoisotopic (exact) mass is 308 g/mol. The molecule has 112 valence electrons. The Morgan fingerprint density at radius 3 is 2.67 bits per heavy atom. The van der Waals surface area contributed by atoms with Gasteiger partial charge in [-0.25, -0.2) is 4.39 Å². The van der Waals surface area contributed by atoms with Crippen LogP contribution in [0, 0.1) is 5.82 Å². The molecule has 4 nitrogen and oxygen atoms in total. The van der Waals surface area contributed by atoms with Gasteiger partial charge in [0.2, 0.25) is 0 Å². The van der Waals surface area contributed by atoms with E-state index in [0.29, 0.717) is 11.9 Å². The second-order valence-corrected chi connectivity index (χ2v) is 5.88. The molecule has 0 atom stereocenters. The quantitative estimate of drug-likeness (QED) is 0.948.